The highest BCUT2D eigenvalue weighted by molar-refractivity contribution is 7.89. The van der Waals surface area contributed by atoms with Gasteiger partial charge < -0.3 is 4.74 Å². The Morgan fingerprint density at radius 1 is 1.14 bits per heavy atom. The van der Waals surface area contributed by atoms with Gasteiger partial charge in [-0.3, -0.25) is 9.69 Å². The summed E-state index contributed by atoms with van der Waals surface area (Å²) < 4.78 is 32.0. The van der Waals surface area contributed by atoms with E-state index in [1.54, 1.807) is 44.2 Å². The molecule has 8 nitrogen and oxygen atoms in total. The fourth-order valence-electron chi connectivity index (χ4n) is 2.46. The topological polar surface area (TPSA) is 117 Å². The van der Waals surface area contributed by atoms with Crippen LogP contribution in [0.3, 0.4) is 0 Å². The summed E-state index contributed by atoms with van der Waals surface area (Å²) in [5, 5.41) is 8.96. The number of anilines is 1. The standard InChI is InChI=1S/C20H21N3O5S/c1-15(2)22-29(26,27)18-10-6-7-16(13-18)20(25)28-14-19(24)23(12-11-21)17-8-4-3-5-9-17/h3-10,13,15,22H,12,14H2,1-2H3. The van der Waals surface area contributed by atoms with Gasteiger partial charge in [-0.1, -0.05) is 24.3 Å². The van der Waals surface area contributed by atoms with Crippen molar-refractivity contribution in [2.45, 2.75) is 24.8 Å². The Morgan fingerprint density at radius 2 is 1.83 bits per heavy atom. The van der Waals surface area contributed by atoms with Gasteiger partial charge in [-0.05, 0) is 44.2 Å². The predicted molar refractivity (Wildman–Crippen MR) is 107 cm³/mol. The maximum absolute atomic E-state index is 12.4. The summed E-state index contributed by atoms with van der Waals surface area (Å²) in [5.74, 6) is -1.42. The lowest BCUT2D eigenvalue weighted by molar-refractivity contribution is -0.121. The summed E-state index contributed by atoms with van der Waals surface area (Å²) in [6.45, 7) is 2.58. The quantitative estimate of drug-likeness (QED) is 0.521. The number of sulfonamides is 1. The Balaban J connectivity index is 2.10. The number of hydrogen-bond acceptors (Lipinski definition) is 6. The van der Waals surface area contributed by atoms with E-state index < -0.39 is 28.5 Å². The van der Waals surface area contributed by atoms with Crippen LogP contribution in [0.15, 0.2) is 59.5 Å². The number of carbonyl (C=O) groups excluding carboxylic acids is 2. The minimum absolute atomic E-state index is 0.00373. The second kappa shape index (κ2) is 9.82. The number of ether oxygens (including phenoxy) is 1. The van der Waals surface area contributed by atoms with E-state index >= 15 is 0 Å². The van der Waals surface area contributed by atoms with E-state index in [0.29, 0.717) is 5.69 Å². The normalized spacial score (nSPS) is 11.0. The van der Waals surface area contributed by atoms with Gasteiger partial charge in [0.1, 0.15) is 6.54 Å². The summed E-state index contributed by atoms with van der Waals surface area (Å²) in [5.41, 5.74) is 0.499. The highest BCUT2D eigenvalue weighted by atomic mass is 32.2. The minimum Gasteiger partial charge on any atom is -0.452 e. The largest absolute Gasteiger partial charge is 0.452 e. The first-order valence-electron chi connectivity index (χ1n) is 8.76. The Labute approximate surface area is 169 Å². The molecule has 0 radical (unpaired) electrons. The lowest BCUT2D eigenvalue weighted by Crippen LogP contribution is -2.35. The SMILES string of the molecule is CC(C)NS(=O)(=O)c1cccc(C(=O)OCC(=O)N(CC#N)c2ccccc2)c1. The Kier molecular flexibility index (Phi) is 7.47. The predicted octanol–water partition coefficient (Wildman–Crippen LogP) is 2.09. The third-order valence-electron chi connectivity index (χ3n) is 3.70. The molecule has 0 aliphatic rings. The number of rotatable bonds is 8. The van der Waals surface area contributed by atoms with Crippen molar-refractivity contribution in [3.8, 4) is 6.07 Å². The molecule has 29 heavy (non-hydrogen) atoms. The van der Waals surface area contributed by atoms with E-state index in [9.17, 15) is 18.0 Å². The van der Waals surface area contributed by atoms with Crippen LogP contribution in [0, 0.1) is 11.3 Å². The Hall–Kier alpha value is -3.22. The molecule has 2 aromatic carbocycles. The zero-order valence-corrected chi connectivity index (χ0v) is 16.8. The number of nitriles is 1. The summed E-state index contributed by atoms with van der Waals surface area (Å²) >= 11 is 0. The average Bonchev–Trinajstić information content (AvgIpc) is 2.69. The number of benzene rings is 2. The second-order valence-corrected chi connectivity index (χ2v) is 8.07. The van der Waals surface area contributed by atoms with Gasteiger partial charge >= 0.3 is 5.97 Å². The number of nitrogens with zero attached hydrogens (tertiary/aromatic N) is 2. The summed E-state index contributed by atoms with van der Waals surface area (Å²) in [6, 6.07) is 15.5. The van der Waals surface area contributed by atoms with E-state index in [0.717, 1.165) is 0 Å². The molecule has 0 aliphatic heterocycles. The smallest absolute Gasteiger partial charge is 0.338 e. The number of amides is 1. The Morgan fingerprint density at radius 3 is 2.45 bits per heavy atom. The lowest BCUT2D eigenvalue weighted by atomic mass is 10.2. The molecule has 0 saturated heterocycles. The van der Waals surface area contributed by atoms with Crippen LogP contribution >= 0.6 is 0 Å². The fourth-order valence-corrected chi connectivity index (χ4v) is 3.76. The van der Waals surface area contributed by atoms with Crippen LogP contribution in [0.4, 0.5) is 5.69 Å². The zero-order chi connectivity index (χ0) is 21.4. The van der Waals surface area contributed by atoms with Crippen molar-refractivity contribution in [1.82, 2.24) is 4.72 Å². The molecule has 0 aromatic heterocycles. The van der Waals surface area contributed by atoms with Crippen molar-refractivity contribution in [3.05, 3.63) is 60.2 Å². The van der Waals surface area contributed by atoms with Crippen LogP contribution in [0.2, 0.25) is 0 Å². The van der Waals surface area contributed by atoms with Crippen LogP contribution in [0.1, 0.15) is 24.2 Å². The molecule has 0 fully saturated rings. The van der Waals surface area contributed by atoms with Gasteiger partial charge in [-0.15, -0.1) is 0 Å². The molecule has 9 heteroatoms. The maximum Gasteiger partial charge on any atom is 0.338 e. The summed E-state index contributed by atoms with van der Waals surface area (Å²) in [7, 11) is -3.77. The average molecular weight is 415 g/mol. The molecule has 2 aromatic rings. The first-order chi connectivity index (χ1) is 13.7. The van der Waals surface area contributed by atoms with E-state index in [1.165, 1.54) is 29.2 Å². The molecule has 0 bridgehead atoms. The number of carbonyl (C=O) groups is 2. The molecule has 0 atom stereocenters. The van der Waals surface area contributed by atoms with Crippen LogP contribution in [0.5, 0.6) is 0 Å². The highest BCUT2D eigenvalue weighted by Crippen LogP contribution is 2.15. The van der Waals surface area contributed by atoms with Crippen LogP contribution in [-0.2, 0) is 19.6 Å². The van der Waals surface area contributed by atoms with Crippen molar-refractivity contribution in [2.75, 3.05) is 18.1 Å². The number of esters is 1. The molecular formula is C20H21N3O5S. The summed E-state index contributed by atoms with van der Waals surface area (Å²) in [4.78, 5) is 25.8. The summed E-state index contributed by atoms with van der Waals surface area (Å²) in [6.07, 6.45) is 0. The Bertz CT molecular complexity index is 1010. The monoisotopic (exact) mass is 415 g/mol. The zero-order valence-electron chi connectivity index (χ0n) is 16.0. The maximum atomic E-state index is 12.4. The van der Waals surface area contributed by atoms with Gasteiger partial charge in [0, 0.05) is 11.7 Å². The molecule has 0 aliphatic carbocycles. The molecule has 152 valence electrons. The van der Waals surface area contributed by atoms with Crippen molar-refractivity contribution in [3.63, 3.8) is 0 Å². The molecule has 1 N–H and O–H groups in total. The van der Waals surface area contributed by atoms with Crippen LogP contribution in [-0.4, -0.2) is 39.5 Å². The van der Waals surface area contributed by atoms with Gasteiger partial charge in [-0.2, -0.15) is 5.26 Å². The molecule has 2 rings (SSSR count). The van der Waals surface area contributed by atoms with E-state index in [2.05, 4.69) is 4.72 Å². The number of para-hydroxylation sites is 1. The van der Waals surface area contributed by atoms with Crippen molar-refractivity contribution in [1.29, 1.82) is 5.26 Å². The fraction of sp³-hybridized carbons (Fsp3) is 0.250. The highest BCUT2D eigenvalue weighted by Gasteiger charge is 2.20. The number of nitrogens with one attached hydrogen (secondary N) is 1. The van der Waals surface area contributed by atoms with Gasteiger partial charge in [-0.25, -0.2) is 17.9 Å². The second-order valence-electron chi connectivity index (χ2n) is 6.35. The lowest BCUT2D eigenvalue weighted by Gasteiger charge is -2.19. The molecular weight excluding hydrogens is 394 g/mol. The molecule has 0 unspecified atom stereocenters. The van der Waals surface area contributed by atoms with Gasteiger partial charge in [0.05, 0.1) is 16.5 Å². The van der Waals surface area contributed by atoms with Gasteiger partial charge in [0.25, 0.3) is 5.91 Å². The minimum atomic E-state index is -3.77. The van der Waals surface area contributed by atoms with E-state index in [4.69, 9.17) is 10.00 Å². The molecule has 0 saturated carbocycles. The van der Waals surface area contributed by atoms with Crippen LogP contribution in [0.25, 0.3) is 0 Å². The van der Waals surface area contributed by atoms with E-state index in [1.807, 2.05) is 6.07 Å². The van der Waals surface area contributed by atoms with Crippen molar-refractivity contribution < 1.29 is 22.7 Å². The van der Waals surface area contributed by atoms with Gasteiger partial charge in [0.15, 0.2) is 6.61 Å². The van der Waals surface area contributed by atoms with Crippen molar-refractivity contribution >= 4 is 27.6 Å². The van der Waals surface area contributed by atoms with Crippen LogP contribution < -0.4 is 9.62 Å². The first kappa shape index (κ1) is 22.1. The molecule has 0 heterocycles. The molecule has 0 spiro atoms. The number of hydrogen-bond donors (Lipinski definition) is 1. The van der Waals surface area contributed by atoms with Crippen molar-refractivity contribution in [2.24, 2.45) is 0 Å². The van der Waals surface area contributed by atoms with E-state index in [-0.39, 0.29) is 23.0 Å². The molecule has 1 amide bonds. The first-order valence-corrected chi connectivity index (χ1v) is 10.2. The third-order valence-corrected chi connectivity index (χ3v) is 5.35. The third kappa shape index (κ3) is 6.14. The van der Waals surface area contributed by atoms with Gasteiger partial charge in [0.2, 0.25) is 10.0 Å².